The molecule has 0 bridgehead atoms. The maximum absolute atomic E-state index is 12.1. The first-order valence-corrected chi connectivity index (χ1v) is 11.4. The van der Waals surface area contributed by atoms with E-state index in [1.165, 1.54) is 0 Å². The molecule has 34 heavy (non-hydrogen) atoms. The van der Waals surface area contributed by atoms with E-state index in [4.69, 9.17) is 21.1 Å². The summed E-state index contributed by atoms with van der Waals surface area (Å²) in [4.78, 5) is 47.8. The molecular formula is C25H29ClN2O6. The Kier molecular flexibility index (Phi) is 11.1. The van der Waals surface area contributed by atoms with Gasteiger partial charge in [-0.15, -0.1) is 0 Å². The van der Waals surface area contributed by atoms with Gasteiger partial charge in [0, 0.05) is 22.8 Å². The van der Waals surface area contributed by atoms with Crippen LogP contribution in [0, 0.1) is 6.92 Å². The molecule has 0 saturated heterocycles. The molecule has 0 aliphatic rings. The third-order valence-electron chi connectivity index (χ3n) is 4.76. The van der Waals surface area contributed by atoms with Gasteiger partial charge in [-0.3, -0.25) is 14.4 Å². The number of carbonyl (C=O) groups is 4. The fraction of sp³-hybridized carbons (Fsp3) is 0.360. The largest absolute Gasteiger partial charge is 0.462 e. The minimum absolute atomic E-state index is 0.116. The van der Waals surface area contributed by atoms with Gasteiger partial charge < -0.3 is 20.1 Å². The molecule has 0 atom stereocenters. The lowest BCUT2D eigenvalue weighted by Gasteiger charge is -2.09. The highest BCUT2D eigenvalue weighted by Gasteiger charge is 2.12. The number of amides is 2. The van der Waals surface area contributed by atoms with E-state index in [0.29, 0.717) is 28.6 Å². The van der Waals surface area contributed by atoms with Crippen molar-refractivity contribution in [2.75, 3.05) is 23.8 Å². The minimum atomic E-state index is -0.673. The van der Waals surface area contributed by atoms with Crippen LogP contribution in [0.1, 0.15) is 54.9 Å². The molecule has 0 saturated carbocycles. The van der Waals surface area contributed by atoms with Crippen LogP contribution < -0.4 is 10.6 Å². The summed E-state index contributed by atoms with van der Waals surface area (Å²) in [6, 6.07) is 11.3. The van der Waals surface area contributed by atoms with E-state index in [1.54, 1.807) is 42.5 Å². The van der Waals surface area contributed by atoms with Crippen LogP contribution in [0.2, 0.25) is 5.02 Å². The number of carbonyl (C=O) groups excluding carboxylic acids is 4. The van der Waals surface area contributed by atoms with Gasteiger partial charge in [-0.25, -0.2) is 4.79 Å². The lowest BCUT2D eigenvalue weighted by Crippen LogP contribution is -2.21. The van der Waals surface area contributed by atoms with Crippen LogP contribution in [0.25, 0.3) is 0 Å². The van der Waals surface area contributed by atoms with Gasteiger partial charge in [0.15, 0.2) is 6.61 Å². The highest BCUT2D eigenvalue weighted by atomic mass is 35.5. The summed E-state index contributed by atoms with van der Waals surface area (Å²) in [7, 11) is 0. The highest BCUT2D eigenvalue weighted by Crippen LogP contribution is 2.19. The van der Waals surface area contributed by atoms with E-state index in [2.05, 4.69) is 17.6 Å². The Morgan fingerprint density at radius 1 is 0.853 bits per heavy atom. The van der Waals surface area contributed by atoms with Gasteiger partial charge in [-0.2, -0.15) is 0 Å². The van der Waals surface area contributed by atoms with Crippen molar-refractivity contribution in [2.45, 2.75) is 46.0 Å². The molecule has 2 aromatic carbocycles. The maximum Gasteiger partial charge on any atom is 0.338 e. The monoisotopic (exact) mass is 488 g/mol. The topological polar surface area (TPSA) is 111 Å². The molecule has 2 N–H and O–H groups in total. The second-order valence-electron chi connectivity index (χ2n) is 7.64. The molecule has 2 rings (SSSR count). The van der Waals surface area contributed by atoms with Crippen LogP contribution in [0.3, 0.4) is 0 Å². The van der Waals surface area contributed by atoms with E-state index < -0.39 is 30.4 Å². The molecule has 2 aromatic rings. The van der Waals surface area contributed by atoms with E-state index in [9.17, 15) is 19.2 Å². The van der Waals surface area contributed by atoms with E-state index in [-0.39, 0.29) is 12.8 Å². The number of aryl methyl sites for hydroxylation is 1. The smallest absolute Gasteiger partial charge is 0.338 e. The van der Waals surface area contributed by atoms with Gasteiger partial charge in [0.25, 0.3) is 5.91 Å². The van der Waals surface area contributed by atoms with Crippen molar-refractivity contribution in [3.8, 4) is 0 Å². The van der Waals surface area contributed by atoms with Gasteiger partial charge in [0.05, 0.1) is 18.6 Å². The molecule has 0 spiro atoms. The number of benzene rings is 2. The normalized spacial score (nSPS) is 10.3. The molecule has 182 valence electrons. The molecule has 0 radical (unpaired) electrons. The Hall–Kier alpha value is -3.39. The van der Waals surface area contributed by atoms with Gasteiger partial charge in [-0.1, -0.05) is 37.4 Å². The number of hydrogen-bond acceptors (Lipinski definition) is 6. The minimum Gasteiger partial charge on any atom is -0.462 e. The van der Waals surface area contributed by atoms with Gasteiger partial charge >= 0.3 is 11.9 Å². The molecule has 2 amide bonds. The molecule has 0 aliphatic heterocycles. The van der Waals surface area contributed by atoms with Crippen molar-refractivity contribution in [1.29, 1.82) is 0 Å². The van der Waals surface area contributed by atoms with Crippen LogP contribution in [-0.2, 0) is 23.9 Å². The predicted octanol–water partition coefficient (Wildman–Crippen LogP) is 4.90. The van der Waals surface area contributed by atoms with E-state index in [0.717, 1.165) is 24.8 Å². The zero-order chi connectivity index (χ0) is 24.9. The fourth-order valence-corrected chi connectivity index (χ4v) is 3.00. The molecule has 0 aliphatic carbocycles. The van der Waals surface area contributed by atoms with Crippen molar-refractivity contribution in [2.24, 2.45) is 0 Å². The number of esters is 2. The highest BCUT2D eigenvalue weighted by molar-refractivity contribution is 6.31. The Bertz CT molecular complexity index is 1010. The summed E-state index contributed by atoms with van der Waals surface area (Å²) in [5.74, 6) is -1.99. The Balaban J connectivity index is 1.67. The average molecular weight is 489 g/mol. The predicted molar refractivity (Wildman–Crippen MR) is 130 cm³/mol. The summed E-state index contributed by atoms with van der Waals surface area (Å²) in [6.45, 7) is 3.82. The fourth-order valence-electron chi connectivity index (χ4n) is 2.81. The molecule has 8 nitrogen and oxygen atoms in total. The number of unbranched alkanes of at least 4 members (excludes halogenated alkanes) is 2. The second kappa shape index (κ2) is 14.0. The zero-order valence-electron chi connectivity index (χ0n) is 19.3. The van der Waals surface area contributed by atoms with Crippen LogP contribution in [0.15, 0.2) is 42.5 Å². The zero-order valence-corrected chi connectivity index (χ0v) is 20.1. The van der Waals surface area contributed by atoms with Crippen LogP contribution in [0.5, 0.6) is 0 Å². The molecular weight excluding hydrogens is 460 g/mol. The average Bonchev–Trinajstić information content (AvgIpc) is 2.82. The molecule has 0 aromatic heterocycles. The first kappa shape index (κ1) is 26.9. The first-order chi connectivity index (χ1) is 16.3. The lowest BCUT2D eigenvalue weighted by atomic mass is 10.2. The van der Waals surface area contributed by atoms with E-state index >= 15 is 0 Å². The van der Waals surface area contributed by atoms with Crippen LogP contribution in [-0.4, -0.2) is 37.0 Å². The summed E-state index contributed by atoms with van der Waals surface area (Å²) in [5, 5.41) is 5.73. The molecule has 0 fully saturated rings. The quantitative estimate of drug-likeness (QED) is 0.325. The number of nitrogens with one attached hydrogen (secondary N) is 2. The number of rotatable bonds is 12. The molecule has 9 heteroatoms. The molecule has 0 heterocycles. The van der Waals surface area contributed by atoms with Crippen LogP contribution in [0.4, 0.5) is 11.4 Å². The summed E-state index contributed by atoms with van der Waals surface area (Å²) in [6.07, 6.45) is 2.57. The van der Waals surface area contributed by atoms with Crippen molar-refractivity contribution >= 4 is 46.7 Å². The lowest BCUT2D eigenvalue weighted by molar-refractivity contribution is -0.147. The Morgan fingerprint density at radius 3 is 2.21 bits per heavy atom. The van der Waals surface area contributed by atoms with Crippen molar-refractivity contribution in [3.63, 3.8) is 0 Å². The summed E-state index contributed by atoms with van der Waals surface area (Å²) >= 11 is 6.01. The summed E-state index contributed by atoms with van der Waals surface area (Å²) < 4.78 is 10.1. The van der Waals surface area contributed by atoms with Crippen molar-refractivity contribution < 1.29 is 28.7 Å². The number of anilines is 2. The third kappa shape index (κ3) is 9.62. The first-order valence-electron chi connectivity index (χ1n) is 11.1. The standard InChI is InChI=1S/C25H29ClN2O6/c1-3-4-5-14-33-25(32)18-7-10-19(11-8-18)27-22(29)12-13-24(31)34-16-23(30)28-20-9-6-17(2)21(26)15-20/h6-11,15H,3-5,12-14,16H2,1-2H3,(H,27,29)(H,28,30). The third-order valence-corrected chi connectivity index (χ3v) is 5.17. The maximum atomic E-state index is 12.1. The van der Waals surface area contributed by atoms with Gasteiger partial charge in [-0.05, 0) is 55.3 Å². The van der Waals surface area contributed by atoms with Crippen molar-refractivity contribution in [3.05, 3.63) is 58.6 Å². The van der Waals surface area contributed by atoms with E-state index in [1.807, 2.05) is 6.92 Å². The van der Waals surface area contributed by atoms with Crippen LogP contribution >= 0.6 is 11.6 Å². The number of hydrogen-bond donors (Lipinski definition) is 2. The second-order valence-corrected chi connectivity index (χ2v) is 8.05. The number of halogens is 1. The summed E-state index contributed by atoms with van der Waals surface area (Å²) in [5.41, 5.74) is 2.24. The Morgan fingerprint density at radius 2 is 1.53 bits per heavy atom. The Labute approximate surface area is 204 Å². The number of ether oxygens (including phenoxy) is 2. The van der Waals surface area contributed by atoms with Gasteiger partial charge in [0.2, 0.25) is 5.91 Å². The van der Waals surface area contributed by atoms with Gasteiger partial charge in [0.1, 0.15) is 0 Å². The molecule has 0 unspecified atom stereocenters. The SMILES string of the molecule is CCCCCOC(=O)c1ccc(NC(=O)CCC(=O)OCC(=O)Nc2ccc(C)c(Cl)c2)cc1. The van der Waals surface area contributed by atoms with Crippen molar-refractivity contribution in [1.82, 2.24) is 0 Å².